The molecule has 2 N–H and O–H groups in total. The van der Waals surface area contributed by atoms with Crippen LogP contribution in [0.5, 0.6) is 0 Å². The van der Waals surface area contributed by atoms with E-state index in [2.05, 4.69) is 10.6 Å². The highest BCUT2D eigenvalue weighted by Gasteiger charge is 2.43. The molecule has 2 aromatic carbocycles. The molecule has 0 aliphatic carbocycles. The summed E-state index contributed by atoms with van der Waals surface area (Å²) in [6.07, 6.45) is 0. The number of hydrogen-bond donors (Lipinski definition) is 2. The molecule has 0 bridgehead atoms. The van der Waals surface area contributed by atoms with Crippen molar-refractivity contribution in [3.05, 3.63) is 59.7 Å². The molecule has 1 aliphatic heterocycles. The summed E-state index contributed by atoms with van der Waals surface area (Å²) < 4.78 is 5.03. The van der Waals surface area contributed by atoms with Crippen LogP contribution in [0.25, 0.3) is 0 Å². The highest BCUT2D eigenvalue weighted by molar-refractivity contribution is 6.14. The maximum absolute atomic E-state index is 12.8. The highest BCUT2D eigenvalue weighted by atomic mass is 16.5. The second kappa shape index (κ2) is 8.36. The molecular formula is C22H23N3O5. The zero-order valence-corrected chi connectivity index (χ0v) is 17.0. The maximum atomic E-state index is 12.8. The number of anilines is 2. The molecule has 0 saturated heterocycles. The first-order valence-electron chi connectivity index (χ1n) is 9.44. The largest absolute Gasteiger partial charge is 0.454 e. The van der Waals surface area contributed by atoms with E-state index >= 15 is 0 Å². The van der Waals surface area contributed by atoms with Crippen molar-refractivity contribution in [2.75, 3.05) is 23.4 Å². The number of amides is 3. The lowest BCUT2D eigenvalue weighted by molar-refractivity contribution is -0.147. The third-order valence-electron chi connectivity index (χ3n) is 4.79. The Hall–Kier alpha value is -3.68. The molecule has 2 aromatic rings. The number of para-hydroxylation sites is 2. The Labute approximate surface area is 174 Å². The molecule has 0 atom stereocenters. The van der Waals surface area contributed by atoms with Gasteiger partial charge in [0.1, 0.15) is 12.1 Å². The van der Waals surface area contributed by atoms with E-state index in [-0.39, 0.29) is 12.5 Å². The minimum Gasteiger partial charge on any atom is -0.454 e. The lowest BCUT2D eigenvalue weighted by Crippen LogP contribution is -2.59. The fraction of sp³-hybridized carbons (Fsp3) is 0.273. The minimum absolute atomic E-state index is 0.341. The van der Waals surface area contributed by atoms with Gasteiger partial charge in [-0.25, -0.2) is 0 Å². The van der Waals surface area contributed by atoms with Crippen LogP contribution in [0.4, 0.5) is 11.4 Å². The number of carbonyl (C=O) groups excluding carboxylic acids is 4. The minimum atomic E-state index is -1.16. The van der Waals surface area contributed by atoms with Gasteiger partial charge in [0.2, 0.25) is 5.91 Å². The van der Waals surface area contributed by atoms with Gasteiger partial charge in [0.05, 0.1) is 11.4 Å². The van der Waals surface area contributed by atoms with Gasteiger partial charge in [0.15, 0.2) is 6.61 Å². The van der Waals surface area contributed by atoms with Crippen LogP contribution in [0, 0.1) is 6.92 Å². The summed E-state index contributed by atoms with van der Waals surface area (Å²) in [7, 11) is 0. The number of fused-ring (bicyclic) bond motifs is 1. The van der Waals surface area contributed by atoms with Crippen LogP contribution < -0.4 is 15.5 Å². The number of nitrogens with zero attached hydrogens (tertiary/aromatic N) is 1. The molecule has 8 heteroatoms. The van der Waals surface area contributed by atoms with Crippen molar-refractivity contribution in [1.82, 2.24) is 5.32 Å². The van der Waals surface area contributed by atoms with Crippen molar-refractivity contribution < 1.29 is 23.9 Å². The first kappa shape index (κ1) is 21.0. The van der Waals surface area contributed by atoms with Crippen molar-refractivity contribution >= 4 is 35.1 Å². The quantitative estimate of drug-likeness (QED) is 0.736. The summed E-state index contributed by atoms with van der Waals surface area (Å²) in [5, 5.41) is 5.23. The fourth-order valence-electron chi connectivity index (χ4n) is 3.20. The smallest absolute Gasteiger partial charge is 0.325 e. The van der Waals surface area contributed by atoms with Gasteiger partial charge in [-0.3, -0.25) is 24.1 Å². The van der Waals surface area contributed by atoms with Gasteiger partial charge in [0.25, 0.3) is 11.8 Å². The molecular weight excluding hydrogens is 386 g/mol. The van der Waals surface area contributed by atoms with E-state index in [1.54, 1.807) is 56.3 Å². The number of esters is 1. The first-order chi connectivity index (χ1) is 14.2. The van der Waals surface area contributed by atoms with Crippen molar-refractivity contribution in [3.63, 3.8) is 0 Å². The highest BCUT2D eigenvalue weighted by Crippen LogP contribution is 2.36. The van der Waals surface area contributed by atoms with Gasteiger partial charge in [-0.1, -0.05) is 29.8 Å². The van der Waals surface area contributed by atoms with E-state index in [1.807, 2.05) is 13.0 Å². The van der Waals surface area contributed by atoms with E-state index < -0.39 is 29.9 Å². The molecule has 8 nitrogen and oxygen atoms in total. The Morgan fingerprint density at radius 1 is 1.10 bits per heavy atom. The Morgan fingerprint density at radius 3 is 2.57 bits per heavy atom. The number of nitrogens with one attached hydrogen (secondary N) is 2. The van der Waals surface area contributed by atoms with Gasteiger partial charge in [-0.05, 0) is 45.0 Å². The van der Waals surface area contributed by atoms with Crippen molar-refractivity contribution in [2.45, 2.75) is 26.3 Å². The average molecular weight is 409 g/mol. The molecule has 0 aromatic heterocycles. The third kappa shape index (κ3) is 4.32. The number of benzene rings is 2. The van der Waals surface area contributed by atoms with E-state index in [1.165, 1.54) is 4.90 Å². The zero-order chi connectivity index (χ0) is 21.9. The Balaban J connectivity index is 1.60. The van der Waals surface area contributed by atoms with Gasteiger partial charge in [-0.15, -0.1) is 0 Å². The van der Waals surface area contributed by atoms with Gasteiger partial charge in [-0.2, -0.15) is 0 Å². The molecule has 1 heterocycles. The van der Waals surface area contributed by atoms with Crippen LogP contribution >= 0.6 is 0 Å². The number of carbonyl (C=O) groups is 4. The summed E-state index contributed by atoms with van der Waals surface area (Å²) in [4.78, 5) is 50.7. The molecule has 156 valence electrons. The van der Waals surface area contributed by atoms with E-state index in [9.17, 15) is 19.2 Å². The molecule has 0 saturated carbocycles. The number of hydrogen-bond acceptors (Lipinski definition) is 5. The van der Waals surface area contributed by atoms with Crippen LogP contribution in [0.2, 0.25) is 0 Å². The molecule has 30 heavy (non-hydrogen) atoms. The van der Waals surface area contributed by atoms with Crippen LogP contribution in [-0.2, 0) is 19.1 Å². The van der Waals surface area contributed by atoms with Crippen molar-refractivity contribution in [1.29, 1.82) is 0 Å². The topological polar surface area (TPSA) is 105 Å². The van der Waals surface area contributed by atoms with Crippen molar-refractivity contribution in [2.24, 2.45) is 0 Å². The van der Waals surface area contributed by atoms with Gasteiger partial charge >= 0.3 is 5.97 Å². The lowest BCUT2D eigenvalue weighted by Gasteiger charge is -2.41. The fourth-order valence-corrected chi connectivity index (χ4v) is 3.20. The SMILES string of the molecule is Cc1cccc(C(=O)NCC(=O)OCC(=O)N2c3ccccc3NC(=O)C2(C)C)c1. The second-order valence-corrected chi connectivity index (χ2v) is 7.47. The molecule has 3 amide bonds. The monoisotopic (exact) mass is 409 g/mol. The lowest BCUT2D eigenvalue weighted by atomic mass is 9.96. The predicted octanol–water partition coefficient (Wildman–Crippen LogP) is 2.03. The van der Waals surface area contributed by atoms with Gasteiger partial charge in [0, 0.05) is 5.56 Å². The van der Waals surface area contributed by atoms with E-state index in [0.717, 1.165) is 5.56 Å². The molecule has 0 radical (unpaired) electrons. The third-order valence-corrected chi connectivity index (χ3v) is 4.79. The summed E-state index contributed by atoms with van der Waals surface area (Å²) in [5.41, 5.74) is 1.22. The summed E-state index contributed by atoms with van der Waals surface area (Å²) in [6.45, 7) is 4.15. The average Bonchev–Trinajstić information content (AvgIpc) is 2.71. The van der Waals surface area contributed by atoms with E-state index in [4.69, 9.17) is 4.74 Å². The van der Waals surface area contributed by atoms with Crippen molar-refractivity contribution in [3.8, 4) is 0 Å². The summed E-state index contributed by atoms with van der Waals surface area (Å²) >= 11 is 0. The second-order valence-electron chi connectivity index (χ2n) is 7.47. The normalized spacial score (nSPS) is 14.4. The molecule has 0 unspecified atom stereocenters. The maximum Gasteiger partial charge on any atom is 0.325 e. The first-order valence-corrected chi connectivity index (χ1v) is 9.44. The number of aryl methyl sites for hydroxylation is 1. The molecule has 3 rings (SSSR count). The van der Waals surface area contributed by atoms with Gasteiger partial charge < -0.3 is 15.4 Å². The Bertz CT molecular complexity index is 1020. The van der Waals surface area contributed by atoms with Crippen LogP contribution in [0.3, 0.4) is 0 Å². The Morgan fingerprint density at radius 2 is 1.83 bits per heavy atom. The van der Waals surface area contributed by atoms with Crippen LogP contribution in [0.1, 0.15) is 29.8 Å². The van der Waals surface area contributed by atoms with Crippen LogP contribution in [0.15, 0.2) is 48.5 Å². The number of rotatable bonds is 5. The zero-order valence-electron chi connectivity index (χ0n) is 17.0. The summed E-state index contributed by atoms with van der Waals surface area (Å²) in [5.74, 6) is -2.05. The molecule has 1 aliphatic rings. The van der Waals surface area contributed by atoms with E-state index in [0.29, 0.717) is 16.9 Å². The standard InChI is InChI=1S/C22H23N3O5/c1-14-7-6-8-15(11-14)20(28)23-12-19(27)30-13-18(26)25-17-10-5-4-9-16(17)24-21(29)22(25,2)3/h4-11H,12-13H2,1-3H3,(H,23,28)(H,24,29). The summed E-state index contributed by atoms with van der Waals surface area (Å²) in [6, 6.07) is 13.8. The molecule has 0 fully saturated rings. The number of ether oxygens (including phenoxy) is 1. The molecule has 0 spiro atoms. The Kier molecular flexibility index (Phi) is 5.86. The van der Waals surface area contributed by atoms with Crippen LogP contribution in [-0.4, -0.2) is 42.4 Å². The predicted molar refractivity (Wildman–Crippen MR) is 111 cm³/mol.